The van der Waals surface area contributed by atoms with E-state index < -0.39 is 0 Å². The molecular weight excluding hydrogens is 266 g/mol. The Labute approximate surface area is 113 Å². The molecule has 0 aliphatic carbocycles. The lowest BCUT2D eigenvalue weighted by Crippen LogP contribution is -2.15. The highest BCUT2D eigenvalue weighted by molar-refractivity contribution is 6.31. The van der Waals surface area contributed by atoms with Gasteiger partial charge in [-0.2, -0.15) is 0 Å². The lowest BCUT2D eigenvalue weighted by atomic mass is 10.2. The summed E-state index contributed by atoms with van der Waals surface area (Å²) in [5.74, 6) is 0.136. The summed E-state index contributed by atoms with van der Waals surface area (Å²) in [7, 11) is 1.82. The van der Waals surface area contributed by atoms with Gasteiger partial charge in [0, 0.05) is 29.0 Å². The summed E-state index contributed by atoms with van der Waals surface area (Å²) in [6.45, 7) is 0. The minimum Gasteiger partial charge on any atom is -0.363 e. The van der Waals surface area contributed by atoms with Crippen LogP contribution in [0, 0.1) is 0 Å². The zero-order valence-electron chi connectivity index (χ0n) is 10.1. The van der Waals surface area contributed by atoms with Crippen LogP contribution in [0.2, 0.25) is 5.02 Å². The number of nitrogens with one attached hydrogen (secondary N) is 1. The van der Waals surface area contributed by atoms with Crippen LogP contribution >= 0.6 is 11.6 Å². The first kappa shape index (κ1) is 11.8. The lowest BCUT2D eigenvalue weighted by molar-refractivity contribution is 0.101. The van der Waals surface area contributed by atoms with Crippen LogP contribution in [0.4, 0.5) is 5.82 Å². The molecule has 2 aromatic heterocycles. The van der Waals surface area contributed by atoms with E-state index in [9.17, 15) is 4.79 Å². The van der Waals surface area contributed by atoms with Crippen molar-refractivity contribution in [2.24, 2.45) is 7.05 Å². The summed E-state index contributed by atoms with van der Waals surface area (Å²) in [6.07, 6.45) is 1.40. The van der Waals surface area contributed by atoms with Crippen molar-refractivity contribution in [2.75, 3.05) is 5.32 Å². The largest absolute Gasteiger partial charge is 0.363 e. The quantitative estimate of drug-likeness (QED) is 0.782. The monoisotopic (exact) mass is 275 g/mol. The molecule has 96 valence electrons. The molecule has 0 fully saturated rings. The van der Waals surface area contributed by atoms with Crippen molar-refractivity contribution in [3.05, 3.63) is 47.3 Å². The van der Waals surface area contributed by atoms with Crippen LogP contribution in [-0.2, 0) is 7.05 Å². The number of anilines is 1. The van der Waals surface area contributed by atoms with Gasteiger partial charge in [-0.15, -0.1) is 0 Å². The first-order valence-corrected chi connectivity index (χ1v) is 5.99. The van der Waals surface area contributed by atoms with Crippen molar-refractivity contribution in [1.29, 1.82) is 0 Å². The third-order valence-corrected chi connectivity index (χ3v) is 3.15. The van der Waals surface area contributed by atoms with Crippen molar-refractivity contribution in [3.8, 4) is 0 Å². The number of benzene rings is 1. The fourth-order valence-electron chi connectivity index (χ4n) is 1.98. The van der Waals surface area contributed by atoms with Crippen molar-refractivity contribution in [3.63, 3.8) is 0 Å². The molecule has 0 spiro atoms. The Bertz CT molecular complexity index is 747. The van der Waals surface area contributed by atoms with Gasteiger partial charge in [0.1, 0.15) is 12.0 Å². The number of halogens is 1. The molecule has 0 aliphatic rings. The molecular formula is C13H10ClN3O2. The Morgan fingerprint density at radius 2 is 2.21 bits per heavy atom. The first-order chi connectivity index (χ1) is 9.15. The Kier molecular flexibility index (Phi) is 2.76. The van der Waals surface area contributed by atoms with Crippen molar-refractivity contribution < 1.29 is 9.32 Å². The fraction of sp³-hybridized carbons (Fsp3) is 0.0769. The number of hydrogen-bond donors (Lipinski definition) is 1. The molecule has 19 heavy (non-hydrogen) atoms. The normalized spacial score (nSPS) is 10.8. The van der Waals surface area contributed by atoms with Gasteiger partial charge in [0.15, 0.2) is 5.82 Å². The van der Waals surface area contributed by atoms with Gasteiger partial charge in [-0.3, -0.25) is 4.79 Å². The molecule has 5 nitrogen and oxygen atoms in total. The summed E-state index contributed by atoms with van der Waals surface area (Å²) in [5, 5.41) is 7.89. The molecule has 0 unspecified atom stereocenters. The van der Waals surface area contributed by atoms with E-state index in [1.165, 1.54) is 6.26 Å². The second kappa shape index (κ2) is 4.44. The Morgan fingerprint density at radius 3 is 2.95 bits per heavy atom. The number of aryl methyl sites for hydroxylation is 1. The molecule has 0 aliphatic heterocycles. The molecule has 3 rings (SSSR count). The fourth-order valence-corrected chi connectivity index (χ4v) is 2.14. The molecule has 1 amide bonds. The molecule has 0 atom stereocenters. The maximum Gasteiger partial charge on any atom is 0.273 e. The standard InChI is InChI=1S/C13H10ClN3O2/c1-17-10-7-9(14)3-2-8(10)6-11(17)13(18)15-12-4-5-19-16-12/h2-7H,1H3,(H,15,16,18). The number of nitrogens with zero attached hydrogens (tertiary/aromatic N) is 2. The average Bonchev–Trinajstić information content (AvgIpc) is 2.98. The lowest BCUT2D eigenvalue weighted by Gasteiger charge is -2.03. The van der Waals surface area contributed by atoms with Gasteiger partial charge in [0.05, 0.1) is 0 Å². The van der Waals surface area contributed by atoms with Gasteiger partial charge in [-0.1, -0.05) is 22.8 Å². The van der Waals surface area contributed by atoms with Crippen molar-refractivity contribution in [2.45, 2.75) is 0 Å². The number of hydrogen-bond acceptors (Lipinski definition) is 3. The van der Waals surface area contributed by atoms with Gasteiger partial charge in [-0.05, 0) is 18.2 Å². The summed E-state index contributed by atoms with van der Waals surface area (Å²) in [5.41, 5.74) is 1.43. The van der Waals surface area contributed by atoms with Crippen LogP contribution in [0.3, 0.4) is 0 Å². The van der Waals surface area contributed by atoms with Crippen LogP contribution in [0.15, 0.2) is 41.1 Å². The molecule has 0 saturated heterocycles. The smallest absolute Gasteiger partial charge is 0.273 e. The molecule has 3 aromatic rings. The summed E-state index contributed by atoms with van der Waals surface area (Å²) in [4.78, 5) is 12.1. The second-order valence-corrected chi connectivity index (χ2v) is 4.57. The zero-order chi connectivity index (χ0) is 13.4. The Hall–Kier alpha value is -2.27. The van der Waals surface area contributed by atoms with Gasteiger partial charge >= 0.3 is 0 Å². The van der Waals surface area contributed by atoms with E-state index in [1.54, 1.807) is 22.8 Å². The van der Waals surface area contributed by atoms with Gasteiger partial charge in [0.2, 0.25) is 0 Å². The number of rotatable bonds is 2. The van der Waals surface area contributed by atoms with Gasteiger partial charge in [0.25, 0.3) is 5.91 Å². The maximum atomic E-state index is 12.1. The molecule has 0 radical (unpaired) electrons. The van der Waals surface area contributed by atoms with E-state index in [1.807, 2.05) is 19.2 Å². The highest BCUT2D eigenvalue weighted by Gasteiger charge is 2.14. The van der Waals surface area contributed by atoms with Gasteiger partial charge in [-0.25, -0.2) is 0 Å². The van der Waals surface area contributed by atoms with Crippen LogP contribution in [-0.4, -0.2) is 15.6 Å². The third kappa shape index (κ3) is 2.08. The van der Waals surface area contributed by atoms with E-state index in [0.717, 1.165) is 10.9 Å². The Morgan fingerprint density at radius 1 is 1.37 bits per heavy atom. The number of carbonyl (C=O) groups excluding carboxylic acids is 1. The predicted octanol–water partition coefficient (Wildman–Crippen LogP) is 3.07. The molecule has 2 heterocycles. The zero-order valence-corrected chi connectivity index (χ0v) is 10.8. The third-order valence-electron chi connectivity index (χ3n) is 2.92. The van der Waals surface area contributed by atoms with E-state index in [0.29, 0.717) is 16.5 Å². The minimum atomic E-state index is -0.247. The topological polar surface area (TPSA) is 60.1 Å². The highest BCUT2D eigenvalue weighted by atomic mass is 35.5. The predicted molar refractivity (Wildman–Crippen MR) is 72.4 cm³/mol. The van der Waals surface area contributed by atoms with Crippen LogP contribution < -0.4 is 5.32 Å². The summed E-state index contributed by atoms with van der Waals surface area (Å²) >= 11 is 5.96. The molecule has 6 heteroatoms. The number of fused-ring (bicyclic) bond motifs is 1. The number of aromatic nitrogens is 2. The van der Waals surface area contributed by atoms with Crippen molar-refractivity contribution in [1.82, 2.24) is 9.72 Å². The molecule has 1 aromatic carbocycles. The van der Waals surface area contributed by atoms with E-state index in [4.69, 9.17) is 11.6 Å². The SMILES string of the molecule is Cn1c(C(=O)Nc2ccon2)cc2ccc(Cl)cc21. The van der Waals surface area contributed by atoms with Crippen LogP contribution in [0.25, 0.3) is 10.9 Å². The van der Waals surface area contributed by atoms with E-state index >= 15 is 0 Å². The molecule has 1 N–H and O–H groups in total. The average molecular weight is 276 g/mol. The van der Waals surface area contributed by atoms with Gasteiger partial charge < -0.3 is 14.4 Å². The van der Waals surface area contributed by atoms with Crippen molar-refractivity contribution >= 4 is 34.2 Å². The van der Waals surface area contributed by atoms with E-state index in [2.05, 4.69) is 15.0 Å². The molecule has 0 bridgehead atoms. The minimum absolute atomic E-state index is 0.247. The summed E-state index contributed by atoms with van der Waals surface area (Å²) < 4.78 is 6.46. The number of amides is 1. The molecule has 0 saturated carbocycles. The second-order valence-electron chi connectivity index (χ2n) is 4.13. The van der Waals surface area contributed by atoms with Crippen LogP contribution in [0.5, 0.6) is 0 Å². The summed E-state index contributed by atoms with van der Waals surface area (Å²) in [6, 6.07) is 8.88. The maximum absolute atomic E-state index is 12.1. The van der Waals surface area contributed by atoms with E-state index in [-0.39, 0.29) is 5.91 Å². The Balaban J connectivity index is 2.00. The first-order valence-electron chi connectivity index (χ1n) is 5.62. The highest BCUT2D eigenvalue weighted by Crippen LogP contribution is 2.23. The number of carbonyl (C=O) groups is 1. The van der Waals surface area contributed by atoms with Crippen LogP contribution in [0.1, 0.15) is 10.5 Å².